The standard InChI is InChI=1S/C30H34N4O8S4/c1-33(2)25-13-5-11-21-19(25)9-7-15-27(21)45(39,40)31-23(29(35)36)17-43-44-18-24(30(37)38)32-46(41,42)28-16-8-10-20-22(28)12-6-14-26(20)34(3)4/h5-16,23-24,31-32H,17-18H2,1-4H3,(H,35,36)(H,37,38)/t23-,24+. The van der Waals surface area contributed by atoms with Crippen molar-refractivity contribution in [2.45, 2.75) is 21.9 Å². The number of aliphatic carboxylic acids is 2. The molecule has 4 N–H and O–H groups in total. The van der Waals surface area contributed by atoms with Crippen molar-refractivity contribution in [1.29, 1.82) is 0 Å². The molecule has 0 aliphatic rings. The zero-order valence-electron chi connectivity index (χ0n) is 25.4. The van der Waals surface area contributed by atoms with E-state index in [0.717, 1.165) is 33.0 Å². The monoisotopic (exact) mass is 706 g/mol. The second kappa shape index (κ2) is 14.5. The van der Waals surface area contributed by atoms with Crippen LogP contribution in [-0.4, -0.2) is 90.8 Å². The van der Waals surface area contributed by atoms with Crippen LogP contribution in [0.15, 0.2) is 82.6 Å². The molecule has 4 rings (SSSR count). The normalized spacial score (nSPS) is 13.4. The van der Waals surface area contributed by atoms with E-state index in [-0.39, 0.29) is 21.3 Å². The van der Waals surface area contributed by atoms with E-state index in [4.69, 9.17) is 0 Å². The minimum absolute atomic E-state index is 0.0795. The van der Waals surface area contributed by atoms with E-state index in [9.17, 15) is 36.6 Å². The molecular formula is C30H34N4O8S4. The van der Waals surface area contributed by atoms with E-state index in [1.807, 2.05) is 50.1 Å². The molecule has 246 valence electrons. The first-order chi connectivity index (χ1) is 21.6. The van der Waals surface area contributed by atoms with Gasteiger partial charge in [0.05, 0.1) is 9.79 Å². The summed E-state index contributed by atoms with van der Waals surface area (Å²) < 4.78 is 57.9. The van der Waals surface area contributed by atoms with Gasteiger partial charge in [-0.1, -0.05) is 70.1 Å². The Morgan fingerprint density at radius 1 is 0.609 bits per heavy atom. The third kappa shape index (κ3) is 7.87. The SMILES string of the molecule is CN(C)c1cccc2c(S(=O)(=O)N[C@@H](CSSC[C@@H](NS(=O)(=O)c3cccc4c(N(C)C)cccc34)C(=O)O)C(=O)O)cccc12. The summed E-state index contributed by atoms with van der Waals surface area (Å²) in [6, 6.07) is 16.8. The number of rotatable bonds is 15. The highest BCUT2D eigenvalue weighted by Gasteiger charge is 2.29. The Bertz CT molecular complexity index is 1840. The topological polar surface area (TPSA) is 173 Å². The predicted molar refractivity (Wildman–Crippen MR) is 185 cm³/mol. The highest BCUT2D eigenvalue weighted by Crippen LogP contribution is 2.32. The fraction of sp³-hybridized carbons (Fsp3) is 0.267. The number of carboxylic acid groups (broad SMARTS) is 2. The predicted octanol–water partition coefficient (Wildman–Crippen LogP) is 3.67. The zero-order valence-corrected chi connectivity index (χ0v) is 28.6. The van der Waals surface area contributed by atoms with Gasteiger partial charge >= 0.3 is 11.9 Å². The molecule has 0 fully saturated rings. The van der Waals surface area contributed by atoms with Gasteiger partial charge in [-0.15, -0.1) is 0 Å². The number of fused-ring (bicyclic) bond motifs is 2. The van der Waals surface area contributed by atoms with Gasteiger partial charge in [0.1, 0.15) is 12.1 Å². The molecule has 0 aliphatic heterocycles. The van der Waals surface area contributed by atoms with E-state index in [1.54, 1.807) is 48.5 Å². The van der Waals surface area contributed by atoms with Crippen molar-refractivity contribution in [1.82, 2.24) is 9.44 Å². The highest BCUT2D eigenvalue weighted by molar-refractivity contribution is 8.76. The lowest BCUT2D eigenvalue weighted by Gasteiger charge is -2.19. The van der Waals surface area contributed by atoms with Crippen LogP contribution >= 0.6 is 21.6 Å². The molecule has 0 radical (unpaired) electrons. The average molecular weight is 707 g/mol. The van der Waals surface area contributed by atoms with Crippen LogP contribution in [0, 0.1) is 0 Å². The Morgan fingerprint density at radius 3 is 1.26 bits per heavy atom. The van der Waals surface area contributed by atoms with Gasteiger partial charge in [0, 0.05) is 72.6 Å². The van der Waals surface area contributed by atoms with Gasteiger partial charge in [0.25, 0.3) is 0 Å². The number of carboxylic acids is 2. The lowest BCUT2D eigenvalue weighted by Crippen LogP contribution is -2.43. The fourth-order valence-electron chi connectivity index (χ4n) is 4.82. The van der Waals surface area contributed by atoms with Crippen molar-refractivity contribution in [2.24, 2.45) is 0 Å². The molecule has 0 amide bonds. The van der Waals surface area contributed by atoms with E-state index >= 15 is 0 Å². The van der Waals surface area contributed by atoms with Gasteiger partial charge in [-0.2, -0.15) is 9.44 Å². The minimum atomic E-state index is -4.28. The van der Waals surface area contributed by atoms with Crippen molar-refractivity contribution in [3.05, 3.63) is 72.8 Å². The lowest BCUT2D eigenvalue weighted by atomic mass is 10.1. The molecule has 0 spiro atoms. The van der Waals surface area contributed by atoms with E-state index in [0.29, 0.717) is 21.5 Å². The third-order valence-corrected chi connectivity index (χ3v) is 12.5. The summed E-state index contributed by atoms with van der Waals surface area (Å²) in [5.41, 5.74) is 1.58. The first-order valence-electron chi connectivity index (χ1n) is 13.8. The fourth-order valence-corrected chi connectivity index (χ4v) is 10.2. The molecule has 2 atom stereocenters. The molecule has 0 aliphatic carbocycles. The van der Waals surface area contributed by atoms with E-state index in [1.165, 1.54) is 12.1 Å². The number of sulfonamides is 2. The van der Waals surface area contributed by atoms with Crippen LogP contribution in [0.1, 0.15) is 0 Å². The van der Waals surface area contributed by atoms with Crippen molar-refractivity contribution in [2.75, 3.05) is 49.5 Å². The van der Waals surface area contributed by atoms with Crippen LogP contribution in [0.3, 0.4) is 0 Å². The molecule has 16 heteroatoms. The molecule has 0 unspecified atom stereocenters. The quantitative estimate of drug-likeness (QED) is 0.105. The number of nitrogens with zero attached hydrogens (tertiary/aromatic N) is 2. The Balaban J connectivity index is 1.45. The van der Waals surface area contributed by atoms with Crippen LogP contribution in [-0.2, 0) is 29.6 Å². The molecule has 0 saturated carbocycles. The smallest absolute Gasteiger partial charge is 0.322 e. The van der Waals surface area contributed by atoms with E-state index in [2.05, 4.69) is 9.44 Å². The number of carbonyl (C=O) groups is 2. The van der Waals surface area contributed by atoms with Gasteiger partial charge < -0.3 is 20.0 Å². The van der Waals surface area contributed by atoms with Gasteiger partial charge in [-0.25, -0.2) is 16.8 Å². The van der Waals surface area contributed by atoms with Crippen LogP contribution in [0.4, 0.5) is 11.4 Å². The number of hydrogen-bond donors (Lipinski definition) is 4. The summed E-state index contributed by atoms with van der Waals surface area (Å²) >= 11 is 0. The number of hydrogen-bond acceptors (Lipinski definition) is 10. The summed E-state index contributed by atoms with van der Waals surface area (Å²) in [5.74, 6) is -3.37. The van der Waals surface area contributed by atoms with Gasteiger partial charge in [-0.3, -0.25) is 9.59 Å². The van der Waals surface area contributed by atoms with Crippen molar-refractivity contribution in [3.8, 4) is 0 Å². The van der Waals surface area contributed by atoms with E-state index < -0.39 is 44.1 Å². The first-order valence-corrected chi connectivity index (χ1v) is 19.2. The third-order valence-electron chi connectivity index (χ3n) is 7.00. The summed E-state index contributed by atoms with van der Waals surface area (Å²) in [7, 11) is 0.563. The summed E-state index contributed by atoms with van der Waals surface area (Å²) in [5, 5.41) is 21.8. The van der Waals surface area contributed by atoms with Crippen molar-refractivity contribution < 1.29 is 36.6 Å². The largest absolute Gasteiger partial charge is 0.480 e. The molecule has 0 heterocycles. The average Bonchev–Trinajstić information content (AvgIpc) is 3.00. The van der Waals surface area contributed by atoms with Gasteiger partial charge in [0.2, 0.25) is 20.0 Å². The molecule has 4 aromatic carbocycles. The maximum Gasteiger partial charge on any atom is 0.322 e. The minimum Gasteiger partial charge on any atom is -0.480 e. The summed E-state index contributed by atoms with van der Waals surface area (Å²) in [6.07, 6.45) is 0. The molecule has 0 saturated heterocycles. The molecule has 46 heavy (non-hydrogen) atoms. The maximum absolute atomic E-state index is 13.4. The maximum atomic E-state index is 13.4. The van der Waals surface area contributed by atoms with Crippen LogP contribution in [0.25, 0.3) is 21.5 Å². The van der Waals surface area contributed by atoms with Crippen LogP contribution in [0.2, 0.25) is 0 Å². The second-order valence-corrected chi connectivity index (χ2v) is 16.6. The molecule has 0 bridgehead atoms. The van der Waals surface area contributed by atoms with Crippen LogP contribution < -0.4 is 19.2 Å². The number of benzene rings is 4. The zero-order chi connectivity index (χ0) is 33.8. The lowest BCUT2D eigenvalue weighted by molar-refractivity contribution is -0.139. The Hall–Kier alpha value is -3.54. The Labute approximate surface area is 275 Å². The Morgan fingerprint density at radius 2 is 0.935 bits per heavy atom. The Kier molecular flexibility index (Phi) is 11.1. The molecule has 0 aromatic heterocycles. The molecule has 12 nitrogen and oxygen atoms in total. The van der Waals surface area contributed by atoms with Gasteiger partial charge in [0.15, 0.2) is 0 Å². The number of anilines is 2. The summed E-state index contributed by atoms with van der Waals surface area (Å²) in [4.78, 5) is 27.6. The first kappa shape index (κ1) is 35.3. The van der Waals surface area contributed by atoms with Crippen molar-refractivity contribution >= 4 is 86.5 Å². The number of nitrogens with one attached hydrogen (secondary N) is 2. The second-order valence-electron chi connectivity index (χ2n) is 10.6. The molecular weight excluding hydrogens is 673 g/mol. The summed E-state index contributed by atoms with van der Waals surface area (Å²) in [6.45, 7) is 0. The van der Waals surface area contributed by atoms with Crippen molar-refractivity contribution in [3.63, 3.8) is 0 Å². The van der Waals surface area contributed by atoms with Gasteiger partial charge in [-0.05, 0) is 24.3 Å². The molecule has 4 aromatic rings. The van der Waals surface area contributed by atoms with Crippen LogP contribution in [0.5, 0.6) is 0 Å². The highest BCUT2D eigenvalue weighted by atomic mass is 33.1.